The van der Waals surface area contributed by atoms with Gasteiger partial charge in [0.25, 0.3) is 5.91 Å². The maximum atomic E-state index is 12.9. The SMILES string of the molecule is CC(=O)N1CCC(C)(c2ccccc2)c2cc(NC(=O)c3ccc(Cl)s3)c(N(C)C)cc21. The molecular formula is C25H26ClN3O2S. The first kappa shape index (κ1) is 22.4. The molecule has 0 fully saturated rings. The molecule has 32 heavy (non-hydrogen) atoms. The Labute approximate surface area is 197 Å². The normalized spacial score (nSPS) is 17.6. The van der Waals surface area contributed by atoms with Crippen LogP contribution < -0.4 is 15.1 Å². The van der Waals surface area contributed by atoms with Crippen LogP contribution in [0.5, 0.6) is 0 Å². The standard InChI is InChI=1S/C25H26ClN3O2S/c1-16(30)29-13-12-25(2,17-8-6-5-7-9-17)18-14-19(21(28(3)4)15-20(18)29)27-24(31)22-10-11-23(26)32-22/h5-11,14-15H,12-13H2,1-4H3,(H,27,31). The molecule has 2 heterocycles. The van der Waals surface area contributed by atoms with E-state index in [1.807, 2.05) is 54.2 Å². The van der Waals surface area contributed by atoms with Gasteiger partial charge in [0.05, 0.1) is 20.6 Å². The first-order chi connectivity index (χ1) is 15.2. The van der Waals surface area contributed by atoms with Crippen molar-refractivity contribution in [3.63, 3.8) is 0 Å². The number of nitrogens with zero attached hydrogens (tertiary/aromatic N) is 2. The lowest BCUT2D eigenvalue weighted by atomic mass is 9.70. The fraction of sp³-hybridized carbons (Fsp3) is 0.280. The number of anilines is 3. The van der Waals surface area contributed by atoms with Crippen LogP contribution in [0.1, 0.15) is 41.1 Å². The maximum absolute atomic E-state index is 12.9. The highest BCUT2D eigenvalue weighted by atomic mass is 35.5. The molecule has 0 saturated heterocycles. The molecule has 1 unspecified atom stereocenters. The Balaban J connectivity index is 1.88. The molecule has 0 radical (unpaired) electrons. The van der Waals surface area contributed by atoms with Gasteiger partial charge in [-0.3, -0.25) is 9.59 Å². The molecule has 0 aliphatic carbocycles. The van der Waals surface area contributed by atoms with Gasteiger partial charge in [-0.1, -0.05) is 48.9 Å². The number of carbonyl (C=O) groups is 2. The fourth-order valence-corrected chi connectivity index (χ4v) is 5.29. The van der Waals surface area contributed by atoms with E-state index in [1.165, 1.54) is 16.9 Å². The molecule has 5 nitrogen and oxygen atoms in total. The summed E-state index contributed by atoms with van der Waals surface area (Å²) in [4.78, 5) is 29.7. The Morgan fingerprint density at radius 1 is 1.12 bits per heavy atom. The highest BCUT2D eigenvalue weighted by Gasteiger charge is 2.38. The minimum absolute atomic E-state index is 0.0103. The highest BCUT2D eigenvalue weighted by Crippen LogP contribution is 2.48. The Bertz CT molecular complexity index is 1180. The Morgan fingerprint density at radius 2 is 1.84 bits per heavy atom. The van der Waals surface area contributed by atoms with Gasteiger partial charge in [-0.05, 0) is 41.8 Å². The monoisotopic (exact) mass is 467 g/mol. The number of carbonyl (C=O) groups excluding carboxylic acids is 2. The van der Waals surface area contributed by atoms with E-state index < -0.39 is 0 Å². The number of hydrogen-bond acceptors (Lipinski definition) is 4. The lowest BCUT2D eigenvalue weighted by Crippen LogP contribution is -2.42. The van der Waals surface area contributed by atoms with Gasteiger partial charge < -0.3 is 15.1 Å². The van der Waals surface area contributed by atoms with Crippen LogP contribution >= 0.6 is 22.9 Å². The third-order valence-corrected chi connectivity index (χ3v) is 7.38. The van der Waals surface area contributed by atoms with Crippen molar-refractivity contribution in [3.05, 3.63) is 74.9 Å². The summed E-state index contributed by atoms with van der Waals surface area (Å²) >= 11 is 7.27. The zero-order valence-corrected chi connectivity index (χ0v) is 20.2. The van der Waals surface area contributed by atoms with Crippen LogP contribution in [0, 0.1) is 0 Å². The molecule has 1 N–H and O–H groups in total. The molecule has 1 aliphatic rings. The number of amides is 2. The van der Waals surface area contributed by atoms with E-state index in [9.17, 15) is 9.59 Å². The van der Waals surface area contributed by atoms with Crippen molar-refractivity contribution in [3.8, 4) is 0 Å². The molecule has 2 aromatic carbocycles. The molecule has 166 valence electrons. The van der Waals surface area contributed by atoms with Gasteiger partial charge in [0.1, 0.15) is 0 Å². The van der Waals surface area contributed by atoms with Crippen molar-refractivity contribution < 1.29 is 9.59 Å². The van der Waals surface area contributed by atoms with Gasteiger partial charge in [-0.2, -0.15) is 0 Å². The zero-order chi connectivity index (χ0) is 23.0. The van der Waals surface area contributed by atoms with Crippen molar-refractivity contribution in [2.75, 3.05) is 35.8 Å². The summed E-state index contributed by atoms with van der Waals surface area (Å²) in [5.41, 5.74) is 4.34. The van der Waals surface area contributed by atoms with Gasteiger partial charge in [0, 0.05) is 38.7 Å². The van der Waals surface area contributed by atoms with Crippen LogP contribution in [0.3, 0.4) is 0 Å². The smallest absolute Gasteiger partial charge is 0.265 e. The molecule has 2 amide bonds. The minimum Gasteiger partial charge on any atom is -0.376 e. The Kier molecular flexibility index (Phi) is 6.01. The third kappa shape index (κ3) is 4.00. The van der Waals surface area contributed by atoms with E-state index in [2.05, 4.69) is 24.4 Å². The number of rotatable bonds is 4. The molecule has 1 aliphatic heterocycles. The summed E-state index contributed by atoms with van der Waals surface area (Å²) in [6.07, 6.45) is 0.790. The second kappa shape index (κ2) is 8.60. The molecule has 1 aromatic heterocycles. The third-order valence-electron chi connectivity index (χ3n) is 6.15. The topological polar surface area (TPSA) is 52.7 Å². The van der Waals surface area contributed by atoms with Gasteiger partial charge in [0.15, 0.2) is 0 Å². The maximum Gasteiger partial charge on any atom is 0.265 e. The second-order valence-corrected chi connectivity index (χ2v) is 10.2. The lowest BCUT2D eigenvalue weighted by molar-refractivity contribution is -0.116. The molecule has 4 rings (SSSR count). The predicted octanol–water partition coefficient (Wildman–Crippen LogP) is 5.78. The fourth-order valence-electron chi connectivity index (χ4n) is 4.36. The minimum atomic E-state index is -0.293. The lowest BCUT2D eigenvalue weighted by Gasteiger charge is -2.42. The number of halogens is 1. The van der Waals surface area contributed by atoms with E-state index in [0.29, 0.717) is 21.4 Å². The highest BCUT2D eigenvalue weighted by molar-refractivity contribution is 7.18. The van der Waals surface area contributed by atoms with E-state index in [4.69, 9.17) is 11.6 Å². The first-order valence-electron chi connectivity index (χ1n) is 10.5. The molecule has 0 saturated carbocycles. The number of thiophene rings is 1. The quantitative estimate of drug-likeness (QED) is 0.529. The number of fused-ring (bicyclic) bond motifs is 1. The van der Waals surface area contributed by atoms with E-state index >= 15 is 0 Å². The number of benzene rings is 2. The number of nitrogens with one attached hydrogen (secondary N) is 1. The summed E-state index contributed by atoms with van der Waals surface area (Å²) in [6.45, 7) is 4.44. The summed E-state index contributed by atoms with van der Waals surface area (Å²) in [5, 5.41) is 3.07. The van der Waals surface area contributed by atoms with E-state index in [-0.39, 0.29) is 17.2 Å². The van der Waals surface area contributed by atoms with E-state index in [1.54, 1.807) is 19.1 Å². The van der Waals surface area contributed by atoms with Crippen LogP contribution in [0.25, 0.3) is 0 Å². The van der Waals surface area contributed by atoms with E-state index in [0.717, 1.165) is 23.4 Å². The molecule has 1 atom stereocenters. The van der Waals surface area contributed by atoms with Gasteiger partial charge >= 0.3 is 0 Å². The summed E-state index contributed by atoms with van der Waals surface area (Å²) in [5.74, 6) is -0.193. The van der Waals surface area contributed by atoms with Crippen molar-refractivity contribution in [2.45, 2.75) is 25.7 Å². The average Bonchev–Trinajstić information content (AvgIpc) is 3.20. The Hall–Kier alpha value is -2.83. The van der Waals surface area contributed by atoms with Crippen LogP contribution in [0.2, 0.25) is 4.34 Å². The summed E-state index contributed by atoms with van der Waals surface area (Å²) in [7, 11) is 3.85. The summed E-state index contributed by atoms with van der Waals surface area (Å²) in [6, 6.07) is 17.8. The van der Waals surface area contributed by atoms with Crippen LogP contribution in [0.15, 0.2) is 54.6 Å². The van der Waals surface area contributed by atoms with Crippen molar-refractivity contribution in [1.29, 1.82) is 0 Å². The van der Waals surface area contributed by atoms with Gasteiger partial charge in [0.2, 0.25) is 5.91 Å². The predicted molar refractivity (Wildman–Crippen MR) is 134 cm³/mol. The zero-order valence-electron chi connectivity index (χ0n) is 18.6. The van der Waals surface area contributed by atoms with Crippen molar-refractivity contribution >= 4 is 51.8 Å². The largest absolute Gasteiger partial charge is 0.376 e. The molecule has 3 aromatic rings. The summed E-state index contributed by atoms with van der Waals surface area (Å²) < 4.78 is 0.571. The Morgan fingerprint density at radius 3 is 2.44 bits per heavy atom. The average molecular weight is 468 g/mol. The molecule has 0 bridgehead atoms. The first-order valence-corrected chi connectivity index (χ1v) is 11.7. The van der Waals surface area contributed by atoms with Crippen molar-refractivity contribution in [1.82, 2.24) is 0 Å². The van der Waals surface area contributed by atoms with Crippen LogP contribution in [0.4, 0.5) is 17.1 Å². The van der Waals surface area contributed by atoms with Crippen LogP contribution in [-0.2, 0) is 10.2 Å². The van der Waals surface area contributed by atoms with Gasteiger partial charge in [-0.15, -0.1) is 11.3 Å². The van der Waals surface area contributed by atoms with Crippen LogP contribution in [-0.4, -0.2) is 32.5 Å². The number of hydrogen-bond donors (Lipinski definition) is 1. The molecule has 0 spiro atoms. The second-order valence-electron chi connectivity index (χ2n) is 8.46. The molecular weight excluding hydrogens is 442 g/mol. The molecule has 7 heteroatoms. The van der Waals surface area contributed by atoms with Gasteiger partial charge in [-0.25, -0.2) is 0 Å². The van der Waals surface area contributed by atoms with Crippen molar-refractivity contribution in [2.24, 2.45) is 0 Å².